The Morgan fingerprint density at radius 2 is 2.00 bits per heavy atom. The second-order valence-corrected chi connectivity index (χ2v) is 5.76. The molecule has 2 aromatic heterocycles. The van der Waals surface area contributed by atoms with Crippen LogP contribution in [0.1, 0.15) is 0 Å². The van der Waals surface area contributed by atoms with Gasteiger partial charge in [-0.2, -0.15) is 10.1 Å². The Morgan fingerprint density at radius 1 is 1.23 bits per heavy atom. The number of anilines is 1. The summed E-state index contributed by atoms with van der Waals surface area (Å²) in [5.74, 6) is 0.969. The van der Waals surface area contributed by atoms with Crippen molar-refractivity contribution in [3.05, 3.63) is 24.9 Å². The first-order chi connectivity index (χ1) is 10.6. The lowest BCUT2D eigenvalue weighted by atomic mass is 10.3. The van der Waals surface area contributed by atoms with E-state index in [0.717, 1.165) is 0 Å². The van der Waals surface area contributed by atoms with Crippen molar-refractivity contribution in [1.29, 1.82) is 0 Å². The Balaban J connectivity index is 1.69. The first kappa shape index (κ1) is 15.0. The first-order valence-corrected chi connectivity index (χ1v) is 7.52. The van der Waals surface area contributed by atoms with Gasteiger partial charge in [-0.15, -0.1) is 0 Å². The topological polar surface area (TPSA) is 80.0 Å². The van der Waals surface area contributed by atoms with Crippen LogP contribution in [0.2, 0.25) is 0 Å². The minimum atomic E-state index is -1.02. The van der Waals surface area contributed by atoms with Gasteiger partial charge in [0.15, 0.2) is 10.7 Å². The molecule has 8 nitrogen and oxygen atoms in total. The predicted molar refractivity (Wildman–Crippen MR) is 81.2 cm³/mol. The zero-order valence-corrected chi connectivity index (χ0v) is 13.0. The van der Waals surface area contributed by atoms with E-state index in [1.54, 1.807) is 28.2 Å². The highest BCUT2D eigenvalue weighted by Gasteiger charge is 2.25. The second kappa shape index (κ2) is 6.45. The Hall–Kier alpha value is -1.93. The van der Waals surface area contributed by atoms with Gasteiger partial charge in [-0.3, -0.25) is 4.79 Å². The Bertz CT molecular complexity index is 641. The third kappa shape index (κ3) is 3.12. The number of piperazine rings is 1. The van der Waals surface area contributed by atoms with Crippen LogP contribution in [0.5, 0.6) is 0 Å². The van der Waals surface area contributed by atoms with Crippen molar-refractivity contribution in [2.45, 2.75) is 4.84 Å². The van der Waals surface area contributed by atoms with Crippen LogP contribution in [0.3, 0.4) is 0 Å². The van der Waals surface area contributed by atoms with Crippen LogP contribution >= 0.6 is 23.2 Å². The van der Waals surface area contributed by atoms with Gasteiger partial charge in [-0.1, -0.05) is 23.2 Å². The van der Waals surface area contributed by atoms with E-state index in [9.17, 15) is 4.79 Å². The van der Waals surface area contributed by atoms with E-state index < -0.39 is 4.84 Å². The monoisotopic (exact) mass is 341 g/mol. The predicted octanol–water partition coefficient (Wildman–Crippen LogP) is 0.510. The van der Waals surface area contributed by atoms with Crippen molar-refractivity contribution in [2.75, 3.05) is 31.1 Å². The van der Waals surface area contributed by atoms with Gasteiger partial charge in [0, 0.05) is 38.4 Å². The summed E-state index contributed by atoms with van der Waals surface area (Å²) in [7, 11) is 0. The van der Waals surface area contributed by atoms with Gasteiger partial charge in [0.05, 0.1) is 0 Å². The number of hydrogen-bond donors (Lipinski definition) is 0. The van der Waals surface area contributed by atoms with Crippen molar-refractivity contribution in [2.24, 2.45) is 0 Å². The number of hydrogen-bond acceptors (Lipinski definition) is 6. The highest BCUT2D eigenvalue weighted by molar-refractivity contribution is 6.53. The van der Waals surface area contributed by atoms with Crippen LogP contribution < -0.4 is 4.90 Å². The molecule has 0 saturated carbocycles. The third-order valence-electron chi connectivity index (χ3n) is 3.34. The summed E-state index contributed by atoms with van der Waals surface area (Å²) in [4.78, 5) is 27.0. The highest BCUT2D eigenvalue weighted by Crippen LogP contribution is 2.15. The molecule has 0 unspecified atom stereocenters. The fourth-order valence-electron chi connectivity index (χ4n) is 2.21. The van der Waals surface area contributed by atoms with Crippen molar-refractivity contribution >= 4 is 35.1 Å². The number of rotatable bonds is 3. The molecule has 1 amide bonds. The van der Waals surface area contributed by atoms with Crippen LogP contribution in [0.4, 0.5) is 5.95 Å². The highest BCUT2D eigenvalue weighted by atomic mass is 35.5. The first-order valence-electron chi connectivity index (χ1n) is 6.65. The molecule has 0 radical (unpaired) electrons. The summed E-state index contributed by atoms with van der Waals surface area (Å²) >= 11 is 11.2. The molecule has 0 atom stereocenters. The summed E-state index contributed by atoms with van der Waals surface area (Å²) in [5, 5.41) is 4.04. The van der Waals surface area contributed by atoms with Crippen LogP contribution in [0, 0.1) is 0 Å². The van der Waals surface area contributed by atoms with Crippen LogP contribution in [-0.4, -0.2) is 66.6 Å². The molecule has 0 spiro atoms. The molecule has 1 fully saturated rings. The Morgan fingerprint density at radius 3 is 2.64 bits per heavy atom. The minimum absolute atomic E-state index is 0.264. The van der Waals surface area contributed by atoms with E-state index in [0.29, 0.717) is 37.9 Å². The quantitative estimate of drug-likeness (QED) is 0.756. The minimum Gasteiger partial charge on any atom is -0.337 e. The normalized spacial score (nSPS) is 15.4. The average molecular weight is 342 g/mol. The van der Waals surface area contributed by atoms with Crippen molar-refractivity contribution in [3.63, 3.8) is 0 Å². The molecule has 3 rings (SSSR count). The van der Waals surface area contributed by atoms with Gasteiger partial charge < -0.3 is 9.80 Å². The molecule has 1 aliphatic rings. The van der Waals surface area contributed by atoms with Gasteiger partial charge in [-0.25, -0.2) is 14.6 Å². The summed E-state index contributed by atoms with van der Waals surface area (Å²) in [6.07, 6.45) is 4.69. The van der Waals surface area contributed by atoms with E-state index >= 15 is 0 Å². The average Bonchev–Trinajstić information content (AvgIpc) is 3.09. The fourth-order valence-corrected chi connectivity index (χ4v) is 2.49. The molecular formula is C12H13Cl2N7O. The van der Waals surface area contributed by atoms with Crippen LogP contribution in [-0.2, 0) is 4.79 Å². The second-order valence-electron chi connectivity index (χ2n) is 4.67. The zero-order chi connectivity index (χ0) is 15.5. The Labute approximate surface area is 136 Å². The lowest BCUT2D eigenvalue weighted by molar-refractivity contribution is -0.129. The maximum atomic E-state index is 11.7. The lowest BCUT2D eigenvalue weighted by Gasteiger charge is -2.35. The van der Waals surface area contributed by atoms with Gasteiger partial charge in [-0.05, 0) is 0 Å². The van der Waals surface area contributed by atoms with Gasteiger partial charge in [0.25, 0.3) is 5.91 Å². The number of alkyl halides is 2. The van der Waals surface area contributed by atoms with Gasteiger partial charge >= 0.3 is 0 Å². The summed E-state index contributed by atoms with van der Waals surface area (Å²) in [5.41, 5.74) is 0. The summed E-state index contributed by atoms with van der Waals surface area (Å²) in [6, 6.07) is 1.75. The maximum Gasteiger partial charge on any atom is 0.255 e. The van der Waals surface area contributed by atoms with Crippen LogP contribution in [0.25, 0.3) is 5.82 Å². The maximum absolute atomic E-state index is 11.7. The number of carbonyl (C=O) groups excluding carboxylic acids is 1. The van der Waals surface area contributed by atoms with Crippen molar-refractivity contribution in [1.82, 2.24) is 29.6 Å². The summed E-state index contributed by atoms with van der Waals surface area (Å²) in [6.45, 7) is 2.30. The van der Waals surface area contributed by atoms with Crippen LogP contribution in [0.15, 0.2) is 24.9 Å². The third-order valence-corrected chi connectivity index (χ3v) is 3.72. The molecule has 22 heavy (non-hydrogen) atoms. The molecule has 0 aliphatic carbocycles. The molecule has 1 aliphatic heterocycles. The molecule has 0 bridgehead atoms. The number of nitrogens with zero attached hydrogens (tertiary/aromatic N) is 7. The van der Waals surface area contributed by atoms with E-state index in [2.05, 4.69) is 20.1 Å². The van der Waals surface area contributed by atoms with Gasteiger partial charge in [0.2, 0.25) is 5.95 Å². The van der Waals surface area contributed by atoms with E-state index in [-0.39, 0.29) is 5.91 Å². The molecule has 1 saturated heterocycles. The van der Waals surface area contributed by atoms with Crippen molar-refractivity contribution in [3.8, 4) is 5.82 Å². The molecule has 0 N–H and O–H groups in total. The number of carbonyl (C=O) groups is 1. The van der Waals surface area contributed by atoms with E-state index in [1.807, 2.05) is 4.90 Å². The standard InChI is InChI=1S/C12H13Cl2N7O/c13-10(14)11(22)19-3-5-20(6-4-19)12-16-2-1-9(18-12)21-8-15-7-17-21/h1-2,7-8,10H,3-6H2. The van der Waals surface area contributed by atoms with E-state index in [1.165, 1.54) is 6.33 Å². The fraction of sp³-hybridized carbons (Fsp3) is 0.417. The smallest absolute Gasteiger partial charge is 0.255 e. The SMILES string of the molecule is O=C(C(Cl)Cl)N1CCN(c2nccc(-n3cncn3)n2)CC1. The summed E-state index contributed by atoms with van der Waals surface area (Å²) < 4.78 is 1.57. The van der Waals surface area contributed by atoms with E-state index in [4.69, 9.17) is 23.2 Å². The molecule has 3 heterocycles. The largest absolute Gasteiger partial charge is 0.337 e. The number of halogens is 2. The Kier molecular flexibility index (Phi) is 4.39. The molecular weight excluding hydrogens is 329 g/mol. The number of amides is 1. The molecule has 2 aromatic rings. The number of aromatic nitrogens is 5. The molecule has 0 aromatic carbocycles. The van der Waals surface area contributed by atoms with Gasteiger partial charge in [0.1, 0.15) is 12.7 Å². The van der Waals surface area contributed by atoms with Crippen molar-refractivity contribution < 1.29 is 4.79 Å². The zero-order valence-electron chi connectivity index (χ0n) is 11.5. The molecule has 116 valence electrons. The lowest BCUT2D eigenvalue weighted by Crippen LogP contribution is -2.50. The molecule has 10 heteroatoms.